The van der Waals surface area contributed by atoms with Crippen LogP contribution >= 0.6 is 0 Å². The van der Waals surface area contributed by atoms with Gasteiger partial charge in [0.2, 0.25) is 0 Å². The Morgan fingerprint density at radius 1 is 1.50 bits per heavy atom. The molecule has 0 bridgehead atoms. The fourth-order valence-corrected chi connectivity index (χ4v) is 0.399. The molecule has 0 aromatic rings. The predicted molar refractivity (Wildman–Crippen MR) is 46.5 cm³/mol. The summed E-state index contributed by atoms with van der Waals surface area (Å²) in [5.74, 6) is 5.59. The molecule has 0 aliphatic rings. The molecule has 0 fully saturated rings. The van der Waals surface area contributed by atoms with Crippen molar-refractivity contribution < 1.29 is 0 Å². The maximum atomic E-state index is 3.62. The summed E-state index contributed by atoms with van der Waals surface area (Å²) in [6.07, 6.45) is 7.50. The van der Waals surface area contributed by atoms with Gasteiger partial charge in [0.1, 0.15) is 0 Å². The molecule has 10 heavy (non-hydrogen) atoms. The highest BCUT2D eigenvalue weighted by atomic mass is 13.8. The Kier molecular flexibility index (Phi) is 5.19. The highest BCUT2D eigenvalue weighted by Gasteiger charge is 1.71. The van der Waals surface area contributed by atoms with E-state index in [1.54, 1.807) is 0 Å². The van der Waals surface area contributed by atoms with Crippen LogP contribution in [0.3, 0.4) is 0 Å². The fourth-order valence-electron chi connectivity index (χ4n) is 0.399. The second-order valence-corrected chi connectivity index (χ2v) is 1.87. The monoisotopic (exact) mass is 132 g/mol. The van der Waals surface area contributed by atoms with Gasteiger partial charge in [-0.3, -0.25) is 0 Å². The van der Waals surface area contributed by atoms with Crippen molar-refractivity contribution in [1.82, 2.24) is 0 Å². The third-order valence-corrected chi connectivity index (χ3v) is 1.00. The van der Waals surface area contributed by atoms with Gasteiger partial charge in [0.15, 0.2) is 0 Å². The largest absolute Gasteiger partial charge is 0.102 e. The summed E-state index contributed by atoms with van der Waals surface area (Å²) in [7, 11) is 0. The molecule has 0 nitrogen and oxygen atoms in total. The number of allylic oxidation sites excluding steroid dienone is 5. The first-order valence-corrected chi connectivity index (χ1v) is 3.19. The maximum Gasteiger partial charge on any atom is -0.00235 e. The lowest BCUT2D eigenvalue weighted by Crippen LogP contribution is -1.61. The first-order valence-electron chi connectivity index (χ1n) is 3.19. The second kappa shape index (κ2) is 5.91. The van der Waals surface area contributed by atoms with E-state index in [1.165, 1.54) is 0 Å². The van der Waals surface area contributed by atoms with Crippen LogP contribution in [0.25, 0.3) is 0 Å². The molecule has 0 saturated heterocycles. The van der Waals surface area contributed by atoms with Crippen molar-refractivity contribution >= 4 is 0 Å². The van der Waals surface area contributed by atoms with Crippen LogP contribution in [0.1, 0.15) is 13.8 Å². The predicted octanol–water partition coefficient (Wildman–Crippen LogP) is 2.70. The van der Waals surface area contributed by atoms with Gasteiger partial charge in [0.05, 0.1) is 0 Å². The van der Waals surface area contributed by atoms with Gasteiger partial charge < -0.3 is 0 Å². The highest BCUT2D eigenvalue weighted by Crippen LogP contribution is 1.91. The lowest BCUT2D eigenvalue weighted by atomic mass is 10.3. The summed E-state index contributed by atoms with van der Waals surface area (Å²) in [6.45, 7) is 7.43. The normalized spacial score (nSPS) is 10.8. The molecule has 0 spiro atoms. The maximum absolute atomic E-state index is 3.62. The topological polar surface area (TPSA) is 0 Å². The van der Waals surface area contributed by atoms with Gasteiger partial charge in [-0.2, -0.15) is 0 Å². The van der Waals surface area contributed by atoms with Crippen LogP contribution in [-0.4, -0.2) is 0 Å². The molecule has 0 saturated carbocycles. The van der Waals surface area contributed by atoms with E-state index in [1.807, 2.05) is 38.2 Å². The molecule has 0 heterocycles. The van der Waals surface area contributed by atoms with Crippen molar-refractivity contribution in [2.75, 3.05) is 0 Å². The van der Waals surface area contributed by atoms with E-state index in [2.05, 4.69) is 18.4 Å². The van der Waals surface area contributed by atoms with Crippen molar-refractivity contribution in [3.8, 4) is 11.8 Å². The van der Waals surface area contributed by atoms with Crippen LogP contribution in [0.5, 0.6) is 0 Å². The summed E-state index contributed by atoms with van der Waals surface area (Å²) < 4.78 is 0. The summed E-state index contributed by atoms with van der Waals surface area (Å²) in [4.78, 5) is 0. The van der Waals surface area contributed by atoms with E-state index in [0.717, 1.165) is 5.57 Å². The first-order chi connectivity index (χ1) is 4.81. The van der Waals surface area contributed by atoms with E-state index in [0.29, 0.717) is 0 Å². The first kappa shape index (κ1) is 8.78. The lowest BCUT2D eigenvalue weighted by molar-refractivity contribution is 1.54. The standard InChI is InChI=1S/C10H12/c1-4-6-7-8-9-10(3)5-2/h5,7-9H,2H2,1,3H3/b8-7+,10-9-. The zero-order chi connectivity index (χ0) is 7.82. The zero-order valence-corrected chi connectivity index (χ0v) is 6.52. The van der Waals surface area contributed by atoms with E-state index < -0.39 is 0 Å². The minimum atomic E-state index is 1.15. The molecule has 0 aromatic heterocycles. The van der Waals surface area contributed by atoms with Gasteiger partial charge in [0.25, 0.3) is 0 Å². The third-order valence-electron chi connectivity index (χ3n) is 1.00. The van der Waals surface area contributed by atoms with Gasteiger partial charge in [-0.15, -0.1) is 5.92 Å². The number of hydrogen-bond acceptors (Lipinski definition) is 0. The Labute approximate surface area is 63.0 Å². The molecule has 52 valence electrons. The molecule has 0 aliphatic carbocycles. The molecule has 0 radical (unpaired) electrons. The zero-order valence-electron chi connectivity index (χ0n) is 6.52. The minimum absolute atomic E-state index is 1.15. The second-order valence-electron chi connectivity index (χ2n) is 1.87. The minimum Gasteiger partial charge on any atom is -0.102 e. The van der Waals surface area contributed by atoms with Crippen LogP contribution < -0.4 is 0 Å². The van der Waals surface area contributed by atoms with Crippen LogP contribution in [0.2, 0.25) is 0 Å². The van der Waals surface area contributed by atoms with Gasteiger partial charge in [0, 0.05) is 0 Å². The van der Waals surface area contributed by atoms with Gasteiger partial charge in [-0.1, -0.05) is 36.3 Å². The number of hydrogen-bond donors (Lipinski definition) is 0. The Bertz CT molecular complexity index is 206. The third kappa shape index (κ3) is 4.93. The van der Waals surface area contributed by atoms with Gasteiger partial charge >= 0.3 is 0 Å². The quantitative estimate of drug-likeness (QED) is 0.400. The molecule has 0 N–H and O–H groups in total. The molecular weight excluding hydrogens is 120 g/mol. The van der Waals surface area contributed by atoms with E-state index >= 15 is 0 Å². The van der Waals surface area contributed by atoms with Crippen LogP contribution in [0.4, 0.5) is 0 Å². The summed E-state index contributed by atoms with van der Waals surface area (Å²) in [6, 6.07) is 0. The number of rotatable bonds is 2. The molecule has 0 unspecified atom stereocenters. The van der Waals surface area contributed by atoms with E-state index in [9.17, 15) is 0 Å². The molecule has 0 rings (SSSR count). The summed E-state index contributed by atoms with van der Waals surface area (Å²) >= 11 is 0. The van der Waals surface area contributed by atoms with Gasteiger partial charge in [-0.25, -0.2) is 0 Å². The summed E-state index contributed by atoms with van der Waals surface area (Å²) in [5.41, 5.74) is 1.15. The molecule has 0 atom stereocenters. The highest BCUT2D eigenvalue weighted by molar-refractivity contribution is 5.24. The molecule has 0 amide bonds. The summed E-state index contributed by atoms with van der Waals surface area (Å²) in [5, 5.41) is 0. The molecular formula is C10H12. The van der Waals surface area contributed by atoms with Crippen molar-refractivity contribution in [2.24, 2.45) is 0 Å². The van der Waals surface area contributed by atoms with Crippen LogP contribution in [0, 0.1) is 11.8 Å². The van der Waals surface area contributed by atoms with E-state index in [4.69, 9.17) is 0 Å². The van der Waals surface area contributed by atoms with Gasteiger partial charge in [-0.05, 0) is 19.9 Å². The molecule has 0 aromatic carbocycles. The SMILES string of the molecule is C=C/C(C)=C\C=C\C#CC. The smallest absolute Gasteiger partial charge is 0.00235 e. The average molecular weight is 132 g/mol. The fraction of sp³-hybridized carbons (Fsp3) is 0.200. The Hall–Kier alpha value is -1.22. The Morgan fingerprint density at radius 2 is 2.20 bits per heavy atom. The van der Waals surface area contributed by atoms with E-state index in [-0.39, 0.29) is 0 Å². The van der Waals surface area contributed by atoms with Crippen molar-refractivity contribution in [1.29, 1.82) is 0 Å². The lowest BCUT2D eigenvalue weighted by Gasteiger charge is -1.81. The van der Waals surface area contributed by atoms with Crippen molar-refractivity contribution in [3.05, 3.63) is 36.5 Å². The van der Waals surface area contributed by atoms with Crippen molar-refractivity contribution in [3.63, 3.8) is 0 Å². The van der Waals surface area contributed by atoms with Crippen molar-refractivity contribution in [2.45, 2.75) is 13.8 Å². The Balaban J connectivity index is 3.89. The molecule has 0 aliphatic heterocycles. The van der Waals surface area contributed by atoms with Crippen LogP contribution in [0.15, 0.2) is 36.5 Å². The molecule has 0 heteroatoms. The average Bonchev–Trinajstić information content (AvgIpc) is 1.98. The Morgan fingerprint density at radius 3 is 2.70 bits per heavy atom. The van der Waals surface area contributed by atoms with Crippen LogP contribution in [-0.2, 0) is 0 Å².